The molecule has 0 saturated heterocycles. The number of hydrogen-bond acceptors (Lipinski definition) is 10. The van der Waals surface area contributed by atoms with Gasteiger partial charge in [0.1, 0.15) is 24.3 Å². The van der Waals surface area contributed by atoms with Crippen molar-refractivity contribution >= 4 is 108 Å². The van der Waals surface area contributed by atoms with Gasteiger partial charge in [-0.2, -0.15) is 0 Å². The Bertz CT molecular complexity index is 4720. The number of benzene rings is 10. The number of fused-ring (bicyclic) bond motifs is 8. The third kappa shape index (κ3) is 15.5. The van der Waals surface area contributed by atoms with E-state index in [-0.39, 0.29) is 26.5 Å². The Morgan fingerprint density at radius 1 is 0.500 bits per heavy atom. The molecule has 0 radical (unpaired) electrons. The van der Waals surface area contributed by atoms with Crippen LogP contribution in [0.25, 0.3) is 87.3 Å². The number of ketones is 1. The van der Waals surface area contributed by atoms with E-state index in [1.54, 1.807) is 26.0 Å². The molecule has 1 amide bonds. The average molecular weight is 1280 g/mol. The van der Waals surface area contributed by atoms with Crippen LogP contribution in [0.15, 0.2) is 205 Å². The van der Waals surface area contributed by atoms with E-state index < -0.39 is 14.2 Å². The van der Waals surface area contributed by atoms with Crippen LogP contribution in [0.1, 0.15) is 104 Å². The zero-order valence-electron chi connectivity index (χ0n) is 55.2. The first-order chi connectivity index (χ1) is 45.6. The Labute approximate surface area is 567 Å². The number of rotatable bonds is 28. The lowest BCUT2D eigenvalue weighted by Gasteiger charge is -2.28. The number of carbonyl (C=O) groups is 2. The third-order valence-corrected chi connectivity index (χ3v) is 18.8. The Balaban J connectivity index is 0.00000541. The van der Waals surface area contributed by atoms with Gasteiger partial charge in [0.2, 0.25) is 11.3 Å². The number of anilines is 1. The summed E-state index contributed by atoms with van der Waals surface area (Å²) in [5.41, 5.74) is 12.7. The van der Waals surface area contributed by atoms with Crippen molar-refractivity contribution in [2.75, 3.05) is 50.7 Å². The largest absolute Gasteiger partial charge is 0.488 e. The summed E-state index contributed by atoms with van der Waals surface area (Å²) in [5.74, 6) is -0.147. The lowest BCUT2D eigenvalue weighted by atomic mass is 9.77. The van der Waals surface area contributed by atoms with E-state index in [2.05, 4.69) is 193 Å². The zero-order valence-corrected chi connectivity index (χ0v) is 55.2. The van der Waals surface area contributed by atoms with E-state index in [1.807, 2.05) is 36.4 Å². The molecular formula is C82H94B2N5O7+. The van der Waals surface area contributed by atoms with E-state index >= 15 is 0 Å². The quantitative estimate of drug-likeness (QED) is 0.00800. The molecule has 0 saturated carbocycles. The van der Waals surface area contributed by atoms with Crippen molar-refractivity contribution in [1.82, 2.24) is 19.7 Å². The molecule has 0 bridgehead atoms. The average Bonchev–Trinajstić information content (AvgIpc) is 0.736. The van der Waals surface area contributed by atoms with Crippen molar-refractivity contribution in [3.05, 3.63) is 228 Å². The van der Waals surface area contributed by atoms with Crippen LogP contribution < -0.4 is 31.1 Å². The number of carbonyl (C=O) groups excluding carboxylic acids is 2. The number of allylic oxidation sites excluding steroid dienone is 1. The molecule has 14 heteroatoms. The van der Waals surface area contributed by atoms with Gasteiger partial charge in [0.15, 0.2) is 5.78 Å². The second-order valence-electron chi connectivity index (χ2n) is 25.0. The lowest BCUT2D eigenvalue weighted by Crippen LogP contribution is -2.36. The highest BCUT2D eigenvalue weighted by Gasteiger charge is 2.25. The summed E-state index contributed by atoms with van der Waals surface area (Å²) in [5, 5.41) is 57.4. The van der Waals surface area contributed by atoms with E-state index in [1.165, 1.54) is 11.0 Å². The van der Waals surface area contributed by atoms with Crippen LogP contribution in [0.2, 0.25) is 0 Å². The van der Waals surface area contributed by atoms with Gasteiger partial charge in [-0.15, -0.1) is 0 Å². The van der Waals surface area contributed by atoms with Crippen LogP contribution in [-0.2, 0) is 35.8 Å². The number of hydrogen-bond donors (Lipinski definition) is 5. The number of unbranched alkanes of at least 4 members (excludes halogenated alkanes) is 1. The van der Waals surface area contributed by atoms with Gasteiger partial charge in [0, 0.05) is 109 Å². The van der Waals surface area contributed by atoms with E-state index in [4.69, 9.17) is 4.42 Å². The molecule has 0 fully saturated rings. The maximum atomic E-state index is 12.9. The Morgan fingerprint density at radius 2 is 0.990 bits per heavy atom. The van der Waals surface area contributed by atoms with Gasteiger partial charge in [0.25, 0.3) is 0 Å². The van der Waals surface area contributed by atoms with Crippen LogP contribution in [0, 0.1) is 0 Å². The molecule has 0 aliphatic rings. The third-order valence-electron chi connectivity index (χ3n) is 18.8. The van der Waals surface area contributed by atoms with Crippen molar-refractivity contribution in [2.24, 2.45) is 0 Å². The molecule has 11 rings (SSSR count). The molecule has 0 aliphatic carbocycles. The Hall–Kier alpha value is -8.98. The van der Waals surface area contributed by atoms with Crippen molar-refractivity contribution in [3.8, 4) is 22.3 Å². The molecule has 0 unspecified atom stereocenters. The molecule has 0 spiro atoms. The molecule has 494 valence electrons. The summed E-state index contributed by atoms with van der Waals surface area (Å²) in [6.07, 6.45) is 2.41. The summed E-state index contributed by atoms with van der Waals surface area (Å²) in [6.45, 7) is 27.0. The molecule has 0 aliphatic heterocycles. The van der Waals surface area contributed by atoms with Crippen LogP contribution in [0.5, 0.6) is 0 Å². The first-order valence-electron chi connectivity index (χ1n) is 33.3. The van der Waals surface area contributed by atoms with E-state index in [0.717, 1.165) is 142 Å². The predicted octanol–water partition coefficient (Wildman–Crippen LogP) is 14.2. The van der Waals surface area contributed by atoms with Crippen LogP contribution >= 0.6 is 0 Å². The van der Waals surface area contributed by atoms with E-state index in [0.29, 0.717) is 87.1 Å². The summed E-state index contributed by atoms with van der Waals surface area (Å²) >= 11 is 0. The molecule has 12 nitrogen and oxygen atoms in total. The fraction of sp³-hybridized carbons (Fsp3) is 0.280. The van der Waals surface area contributed by atoms with Gasteiger partial charge < -0.3 is 34.7 Å². The zero-order chi connectivity index (χ0) is 66.2. The highest BCUT2D eigenvalue weighted by atomic mass is 16.4. The van der Waals surface area contributed by atoms with E-state index in [9.17, 15) is 29.7 Å². The maximum absolute atomic E-state index is 12.9. The predicted molar refractivity (Wildman–Crippen MR) is 405 cm³/mol. The minimum absolute atomic E-state index is 0. The van der Waals surface area contributed by atoms with Crippen molar-refractivity contribution < 1.29 is 34.1 Å². The number of nitrogens with one attached hydrogen (secondary N) is 1. The topological polar surface area (TPSA) is 153 Å². The van der Waals surface area contributed by atoms with Gasteiger partial charge in [-0.3, -0.25) is 19.4 Å². The monoisotopic (exact) mass is 1280 g/mol. The SMILES string of the molecule is C.C.C=C(C)C(=O)CCCCN(Cc1ccccc1B(O)O)Cc1c2ccccc2c(CN(CCCNC(=O)C(=C)C)Cc2ccccc2B(O)O)c2ccc(-c3ccc(-c4c5ccc6cc(N(CC)CC)ccc6c5oc5c4ccc4cc(=[N+](CC)CC)ccc45)cc3)cc12. The van der Waals surface area contributed by atoms with Crippen molar-refractivity contribution in [1.29, 1.82) is 0 Å². The van der Waals surface area contributed by atoms with Gasteiger partial charge >= 0.3 is 14.2 Å². The molecule has 5 N–H and O–H groups in total. The van der Waals surface area contributed by atoms with Gasteiger partial charge in [0.05, 0.1) is 0 Å². The first-order valence-corrected chi connectivity index (χ1v) is 33.3. The molecule has 11 aromatic rings. The Morgan fingerprint density at radius 3 is 1.54 bits per heavy atom. The van der Waals surface area contributed by atoms with Gasteiger partial charge in [-0.05, 0) is 198 Å². The Kier molecular flexibility index (Phi) is 23.9. The fourth-order valence-corrected chi connectivity index (χ4v) is 13.7. The smallest absolute Gasteiger partial charge is 0.455 e. The first kappa shape index (κ1) is 71.3. The molecule has 96 heavy (non-hydrogen) atoms. The molecular weight excluding hydrogens is 1190 g/mol. The molecule has 1 aromatic heterocycles. The molecule has 10 aromatic carbocycles. The van der Waals surface area contributed by atoms with Crippen LogP contribution in [0.4, 0.5) is 5.69 Å². The second kappa shape index (κ2) is 32.2. The minimum atomic E-state index is -1.66. The standard InChI is InChI=1S/C80H85B2N5O7.2CH4/c1-9-86(10-2)62-36-41-64-58(46-62)34-39-69-77(70-40-35-59-47-63(87(11-3)12-4)37-42-65(59)79(70)94-78(64)69)56-31-29-55(30-32-56)57-33-38-68-71(48-57)73(52-84(44-20-19-28-76(88)53(5)6)49-60-22-13-17-26-74(60)81(90)91)67-25-16-15-24-66(67)72(68)51-85(45-21-43-83-80(89)54(7)8)50-61-23-14-18-27-75(61)82(92)93;;/h13-18,22-27,29-42,46-48,90-93H,5,7,9-12,19-21,28,43-45,49-52H2,1-4,6,8H3;2*1H4/p+1. The summed E-state index contributed by atoms with van der Waals surface area (Å²) in [7, 11) is -3.32. The van der Waals surface area contributed by atoms with Crippen molar-refractivity contribution in [3.63, 3.8) is 0 Å². The van der Waals surface area contributed by atoms with Crippen molar-refractivity contribution in [2.45, 2.75) is 108 Å². The number of Topliss-reactive ketones (excluding diaryl/α,β-unsaturated/α-hetero) is 1. The van der Waals surface area contributed by atoms with Crippen LogP contribution in [0.3, 0.4) is 0 Å². The fourth-order valence-electron chi connectivity index (χ4n) is 13.7. The summed E-state index contributed by atoms with van der Waals surface area (Å²) in [6, 6.07) is 61.5. The normalized spacial score (nSPS) is 11.4. The lowest BCUT2D eigenvalue weighted by molar-refractivity contribution is -0.117. The summed E-state index contributed by atoms with van der Waals surface area (Å²) in [4.78, 5) is 32.6. The highest BCUT2D eigenvalue weighted by Crippen LogP contribution is 2.44. The minimum Gasteiger partial charge on any atom is -0.455 e. The maximum Gasteiger partial charge on any atom is 0.488 e. The van der Waals surface area contributed by atoms with Gasteiger partial charge in [-0.25, -0.2) is 4.58 Å². The highest BCUT2D eigenvalue weighted by molar-refractivity contribution is 6.59. The molecule has 0 atom stereocenters. The second-order valence-corrected chi connectivity index (χ2v) is 25.0. The summed E-state index contributed by atoms with van der Waals surface area (Å²) < 4.78 is 9.62. The molecule has 1 heterocycles. The number of nitrogens with zero attached hydrogens (tertiary/aromatic N) is 4. The van der Waals surface area contributed by atoms with Gasteiger partial charge in [-0.1, -0.05) is 149 Å². The number of amides is 1. The van der Waals surface area contributed by atoms with Crippen LogP contribution in [-0.4, -0.2) is 102 Å².